The van der Waals surface area contributed by atoms with Gasteiger partial charge in [0.1, 0.15) is 5.75 Å². The molecular formula is C12H16F3NO2. The van der Waals surface area contributed by atoms with Crippen molar-refractivity contribution in [3.8, 4) is 5.75 Å². The Bertz CT molecular complexity index is 389. The highest BCUT2D eigenvalue weighted by molar-refractivity contribution is 5.32. The molecule has 102 valence electrons. The van der Waals surface area contributed by atoms with Gasteiger partial charge in [-0.1, -0.05) is 12.1 Å². The summed E-state index contributed by atoms with van der Waals surface area (Å²) >= 11 is 0. The van der Waals surface area contributed by atoms with E-state index in [4.69, 9.17) is 10.5 Å². The maximum absolute atomic E-state index is 12.7. The van der Waals surface area contributed by atoms with Gasteiger partial charge in [-0.15, -0.1) is 0 Å². The molecule has 0 saturated carbocycles. The van der Waals surface area contributed by atoms with Gasteiger partial charge < -0.3 is 15.6 Å². The van der Waals surface area contributed by atoms with Crippen molar-refractivity contribution in [1.29, 1.82) is 0 Å². The molecule has 0 aliphatic heterocycles. The summed E-state index contributed by atoms with van der Waals surface area (Å²) in [6, 6.07) is 5.08. The number of ether oxygens (including phenoxy) is 1. The maximum Gasteiger partial charge on any atom is 0.422 e. The number of rotatable bonds is 4. The lowest BCUT2D eigenvalue weighted by Crippen LogP contribution is -2.48. The summed E-state index contributed by atoms with van der Waals surface area (Å²) in [6.07, 6.45) is -4.89. The monoisotopic (exact) mass is 263 g/mol. The fourth-order valence-electron chi connectivity index (χ4n) is 1.48. The number of hydrogen-bond acceptors (Lipinski definition) is 3. The smallest absolute Gasteiger partial charge is 0.422 e. The van der Waals surface area contributed by atoms with E-state index in [-0.39, 0.29) is 11.7 Å². The normalized spacial score (nSPS) is 15.6. The minimum absolute atomic E-state index is 0.0770. The molecule has 0 aliphatic carbocycles. The number of nitrogens with two attached hydrogens (primary N) is 1. The average Bonchev–Trinajstić information content (AvgIpc) is 2.26. The summed E-state index contributed by atoms with van der Waals surface area (Å²) in [4.78, 5) is 0. The molecule has 0 aromatic heterocycles. The summed E-state index contributed by atoms with van der Waals surface area (Å²) in [6.45, 7) is 2.68. The average molecular weight is 263 g/mol. The van der Waals surface area contributed by atoms with Gasteiger partial charge in [-0.3, -0.25) is 0 Å². The Morgan fingerprint density at radius 2 is 1.72 bits per heavy atom. The first-order valence-electron chi connectivity index (χ1n) is 5.47. The van der Waals surface area contributed by atoms with Crippen molar-refractivity contribution in [2.45, 2.75) is 31.7 Å². The number of aliphatic hydroxyl groups is 1. The van der Waals surface area contributed by atoms with Crippen LogP contribution < -0.4 is 10.5 Å². The Morgan fingerprint density at radius 1 is 1.22 bits per heavy atom. The van der Waals surface area contributed by atoms with Crippen LogP contribution in [0.2, 0.25) is 0 Å². The van der Waals surface area contributed by atoms with Crippen LogP contribution in [0.1, 0.15) is 19.4 Å². The van der Waals surface area contributed by atoms with Crippen LogP contribution in [0.15, 0.2) is 24.3 Å². The highest BCUT2D eigenvalue weighted by Crippen LogP contribution is 2.38. The van der Waals surface area contributed by atoms with E-state index < -0.39 is 18.3 Å². The third-order valence-corrected chi connectivity index (χ3v) is 2.47. The van der Waals surface area contributed by atoms with Crippen molar-refractivity contribution in [2.24, 2.45) is 5.73 Å². The van der Waals surface area contributed by atoms with E-state index in [1.807, 2.05) is 0 Å². The first kappa shape index (κ1) is 14.8. The summed E-state index contributed by atoms with van der Waals surface area (Å²) in [7, 11) is 0. The summed E-state index contributed by atoms with van der Waals surface area (Å²) in [5.74, 6) is 0.440. The van der Waals surface area contributed by atoms with Gasteiger partial charge in [-0.25, -0.2) is 0 Å². The SMILES string of the molecule is CC(C)Oc1ccc(C(O)(CN)C(F)(F)F)cc1. The summed E-state index contributed by atoms with van der Waals surface area (Å²) in [5.41, 5.74) is 1.72. The molecule has 0 saturated heterocycles. The van der Waals surface area contributed by atoms with Gasteiger partial charge in [-0.2, -0.15) is 13.2 Å². The van der Waals surface area contributed by atoms with Gasteiger partial charge in [0.05, 0.1) is 6.10 Å². The molecule has 3 nitrogen and oxygen atoms in total. The zero-order valence-corrected chi connectivity index (χ0v) is 10.2. The predicted octanol–water partition coefficient (Wildman–Crippen LogP) is 2.18. The molecule has 1 aromatic rings. The molecule has 0 radical (unpaired) electrons. The molecule has 1 unspecified atom stereocenters. The predicted molar refractivity (Wildman–Crippen MR) is 61.2 cm³/mol. The first-order chi connectivity index (χ1) is 8.20. The third-order valence-electron chi connectivity index (χ3n) is 2.47. The number of hydrogen-bond donors (Lipinski definition) is 2. The Labute approximate surface area is 103 Å². The minimum Gasteiger partial charge on any atom is -0.491 e. The van der Waals surface area contributed by atoms with Gasteiger partial charge in [0.2, 0.25) is 0 Å². The van der Waals surface area contributed by atoms with Crippen LogP contribution in [-0.4, -0.2) is 23.9 Å². The van der Waals surface area contributed by atoms with E-state index in [2.05, 4.69) is 0 Å². The molecule has 3 N–H and O–H groups in total. The Kier molecular flexibility index (Phi) is 4.24. The minimum atomic E-state index is -4.82. The fourth-order valence-corrected chi connectivity index (χ4v) is 1.48. The van der Waals surface area contributed by atoms with Crippen molar-refractivity contribution >= 4 is 0 Å². The van der Waals surface area contributed by atoms with Gasteiger partial charge in [0.25, 0.3) is 0 Å². The second kappa shape index (κ2) is 5.16. The van der Waals surface area contributed by atoms with Crippen molar-refractivity contribution in [1.82, 2.24) is 0 Å². The van der Waals surface area contributed by atoms with Crippen LogP contribution in [-0.2, 0) is 5.60 Å². The first-order valence-corrected chi connectivity index (χ1v) is 5.47. The fraction of sp³-hybridized carbons (Fsp3) is 0.500. The molecule has 1 atom stereocenters. The lowest BCUT2D eigenvalue weighted by molar-refractivity contribution is -0.262. The largest absolute Gasteiger partial charge is 0.491 e. The van der Waals surface area contributed by atoms with Gasteiger partial charge in [0, 0.05) is 6.54 Å². The molecule has 1 rings (SSSR count). The van der Waals surface area contributed by atoms with Crippen molar-refractivity contribution in [2.75, 3.05) is 6.54 Å². The van der Waals surface area contributed by atoms with Gasteiger partial charge in [-0.05, 0) is 31.5 Å². The molecule has 0 fully saturated rings. The molecule has 0 heterocycles. The van der Waals surface area contributed by atoms with E-state index >= 15 is 0 Å². The van der Waals surface area contributed by atoms with Crippen molar-refractivity contribution < 1.29 is 23.0 Å². The second-order valence-corrected chi connectivity index (χ2v) is 4.25. The molecule has 6 heteroatoms. The number of alkyl halides is 3. The molecule has 18 heavy (non-hydrogen) atoms. The Hall–Kier alpha value is -1.27. The summed E-state index contributed by atoms with van der Waals surface area (Å²) in [5, 5.41) is 9.61. The topological polar surface area (TPSA) is 55.5 Å². The van der Waals surface area contributed by atoms with E-state index in [0.29, 0.717) is 5.75 Å². The van der Waals surface area contributed by atoms with Crippen LogP contribution in [0.5, 0.6) is 5.75 Å². The van der Waals surface area contributed by atoms with E-state index in [9.17, 15) is 18.3 Å². The Balaban J connectivity index is 3.03. The highest BCUT2D eigenvalue weighted by atomic mass is 19.4. The Morgan fingerprint density at radius 3 is 2.06 bits per heavy atom. The molecule has 0 amide bonds. The molecular weight excluding hydrogens is 247 g/mol. The van der Waals surface area contributed by atoms with Gasteiger partial charge >= 0.3 is 6.18 Å². The van der Waals surface area contributed by atoms with Gasteiger partial charge in [0.15, 0.2) is 5.60 Å². The standard InChI is InChI=1S/C12H16F3NO2/c1-8(2)18-10-5-3-9(4-6-10)11(17,7-16)12(13,14)15/h3-6,8,17H,7,16H2,1-2H3. The van der Waals surface area contributed by atoms with Crippen molar-refractivity contribution in [3.05, 3.63) is 29.8 Å². The van der Waals surface area contributed by atoms with E-state index in [0.717, 1.165) is 12.1 Å². The van der Waals surface area contributed by atoms with Crippen LogP contribution in [0.25, 0.3) is 0 Å². The zero-order valence-electron chi connectivity index (χ0n) is 10.2. The lowest BCUT2D eigenvalue weighted by Gasteiger charge is -2.29. The molecule has 0 aliphatic rings. The second-order valence-electron chi connectivity index (χ2n) is 4.25. The molecule has 0 bridgehead atoms. The van der Waals surface area contributed by atoms with Crippen LogP contribution in [0.3, 0.4) is 0 Å². The molecule has 1 aromatic carbocycles. The van der Waals surface area contributed by atoms with Crippen molar-refractivity contribution in [3.63, 3.8) is 0 Å². The summed E-state index contributed by atoms with van der Waals surface area (Å²) < 4.78 is 43.5. The van der Waals surface area contributed by atoms with E-state index in [1.165, 1.54) is 12.1 Å². The van der Waals surface area contributed by atoms with E-state index in [1.54, 1.807) is 13.8 Å². The van der Waals surface area contributed by atoms with Crippen LogP contribution in [0.4, 0.5) is 13.2 Å². The lowest BCUT2D eigenvalue weighted by atomic mass is 9.93. The molecule has 0 spiro atoms. The van der Waals surface area contributed by atoms with Crippen LogP contribution in [0, 0.1) is 0 Å². The number of halogens is 3. The highest BCUT2D eigenvalue weighted by Gasteiger charge is 2.54. The quantitative estimate of drug-likeness (QED) is 0.875. The number of benzene rings is 1. The maximum atomic E-state index is 12.7. The third kappa shape index (κ3) is 2.94. The zero-order chi connectivity index (χ0) is 14.0. The van der Waals surface area contributed by atoms with Crippen LogP contribution >= 0.6 is 0 Å².